The Morgan fingerprint density at radius 3 is 3.00 bits per heavy atom. The Morgan fingerprint density at radius 2 is 2.36 bits per heavy atom. The first-order valence-corrected chi connectivity index (χ1v) is 4.83. The zero-order valence-electron chi connectivity index (χ0n) is 6.71. The minimum atomic E-state index is -1.03. The number of carboxylic acids is 1. The molecule has 14 heavy (non-hydrogen) atoms. The molecule has 2 N–H and O–H groups in total. The van der Waals surface area contributed by atoms with E-state index in [1.165, 1.54) is 6.20 Å². The minimum absolute atomic E-state index is 0.130. The molecule has 2 aromatic heterocycles. The average molecular weight is 275 g/mol. The van der Waals surface area contributed by atoms with Crippen molar-refractivity contribution in [2.24, 2.45) is 0 Å². The lowest BCUT2D eigenvalue weighted by molar-refractivity contribution is 0.0699. The van der Waals surface area contributed by atoms with Gasteiger partial charge in [0, 0.05) is 6.20 Å². The van der Waals surface area contributed by atoms with E-state index in [4.69, 9.17) is 16.7 Å². The van der Waals surface area contributed by atoms with Gasteiger partial charge < -0.3 is 10.1 Å². The molecule has 6 heteroatoms. The van der Waals surface area contributed by atoms with Crippen molar-refractivity contribution >= 4 is 44.4 Å². The van der Waals surface area contributed by atoms with Crippen LogP contribution in [0.5, 0.6) is 0 Å². The van der Waals surface area contributed by atoms with Crippen LogP contribution in [0.25, 0.3) is 10.9 Å². The first-order chi connectivity index (χ1) is 6.59. The van der Waals surface area contributed by atoms with Gasteiger partial charge in [-0.25, -0.2) is 9.78 Å². The molecule has 4 nitrogen and oxygen atoms in total. The first kappa shape index (κ1) is 9.48. The fourth-order valence-electron chi connectivity index (χ4n) is 1.25. The van der Waals surface area contributed by atoms with Gasteiger partial charge in [0.25, 0.3) is 0 Å². The van der Waals surface area contributed by atoms with E-state index in [9.17, 15) is 4.79 Å². The highest BCUT2D eigenvalue weighted by Gasteiger charge is 2.14. The van der Waals surface area contributed by atoms with Gasteiger partial charge in [-0.1, -0.05) is 11.6 Å². The predicted molar refractivity (Wildman–Crippen MR) is 55.8 cm³/mol. The van der Waals surface area contributed by atoms with Crippen LogP contribution in [0.15, 0.2) is 16.9 Å². The Hall–Kier alpha value is -1.07. The maximum Gasteiger partial charge on any atom is 0.337 e. The highest BCUT2D eigenvalue weighted by Crippen LogP contribution is 2.27. The molecule has 2 rings (SSSR count). The number of nitrogens with zero attached hydrogens (tertiary/aromatic N) is 1. The molecule has 0 aromatic carbocycles. The summed E-state index contributed by atoms with van der Waals surface area (Å²) in [5.41, 5.74) is 0.777. The SMILES string of the molecule is O=C(O)c1c[nH]c2cc(Br)nc(Cl)c12. The molecule has 0 aliphatic carbocycles. The largest absolute Gasteiger partial charge is 0.478 e. The fraction of sp³-hybridized carbons (Fsp3) is 0. The summed E-state index contributed by atoms with van der Waals surface area (Å²) in [5.74, 6) is -1.03. The number of aromatic nitrogens is 2. The molecule has 0 radical (unpaired) electrons. The van der Waals surface area contributed by atoms with Crippen molar-refractivity contribution in [2.45, 2.75) is 0 Å². The lowest BCUT2D eigenvalue weighted by Gasteiger charge is -1.96. The van der Waals surface area contributed by atoms with Crippen LogP contribution in [0.4, 0.5) is 0 Å². The van der Waals surface area contributed by atoms with Crippen molar-refractivity contribution < 1.29 is 9.90 Å². The van der Waals surface area contributed by atoms with Crippen LogP contribution in [0, 0.1) is 0 Å². The zero-order valence-corrected chi connectivity index (χ0v) is 9.06. The molecule has 0 fully saturated rings. The predicted octanol–water partition coefficient (Wildman–Crippen LogP) is 2.68. The quantitative estimate of drug-likeness (QED) is 0.786. The average Bonchev–Trinajstić information content (AvgIpc) is 2.47. The Balaban J connectivity index is 2.85. The maximum absolute atomic E-state index is 10.8. The molecule has 2 heterocycles. The van der Waals surface area contributed by atoms with Crippen LogP contribution in [-0.2, 0) is 0 Å². The van der Waals surface area contributed by atoms with Crippen molar-refractivity contribution in [2.75, 3.05) is 0 Å². The van der Waals surface area contributed by atoms with Crippen LogP contribution in [0.2, 0.25) is 5.15 Å². The summed E-state index contributed by atoms with van der Waals surface area (Å²) in [6.45, 7) is 0. The highest BCUT2D eigenvalue weighted by molar-refractivity contribution is 9.10. The van der Waals surface area contributed by atoms with Crippen molar-refractivity contribution in [3.63, 3.8) is 0 Å². The molecule has 0 amide bonds. The maximum atomic E-state index is 10.8. The van der Waals surface area contributed by atoms with Crippen LogP contribution < -0.4 is 0 Å². The van der Waals surface area contributed by atoms with Crippen LogP contribution in [0.1, 0.15) is 10.4 Å². The number of fused-ring (bicyclic) bond motifs is 1. The second-order valence-electron chi connectivity index (χ2n) is 2.67. The van der Waals surface area contributed by atoms with Gasteiger partial charge in [-0.3, -0.25) is 0 Å². The lowest BCUT2D eigenvalue weighted by Crippen LogP contribution is -1.94. The molecule has 0 aliphatic heterocycles. The normalized spacial score (nSPS) is 10.7. The highest BCUT2D eigenvalue weighted by atomic mass is 79.9. The van der Waals surface area contributed by atoms with E-state index in [1.807, 2.05) is 0 Å². The molecular weight excluding hydrogens is 271 g/mol. The van der Waals surface area contributed by atoms with Crippen molar-refractivity contribution in [3.05, 3.63) is 27.6 Å². The van der Waals surface area contributed by atoms with Crippen molar-refractivity contribution in [3.8, 4) is 0 Å². The molecule has 0 saturated heterocycles. The number of halogens is 2. The zero-order chi connectivity index (χ0) is 10.3. The van der Waals surface area contributed by atoms with E-state index in [0.29, 0.717) is 15.5 Å². The Kier molecular flexibility index (Phi) is 2.20. The van der Waals surface area contributed by atoms with Gasteiger partial charge >= 0.3 is 5.97 Å². The third-order valence-corrected chi connectivity index (χ3v) is 2.50. The number of H-pyrrole nitrogens is 1. The van der Waals surface area contributed by atoms with E-state index >= 15 is 0 Å². The van der Waals surface area contributed by atoms with Gasteiger partial charge in [-0.2, -0.15) is 0 Å². The van der Waals surface area contributed by atoms with Crippen molar-refractivity contribution in [1.29, 1.82) is 0 Å². The number of carbonyl (C=O) groups is 1. The van der Waals surface area contributed by atoms with E-state index in [1.54, 1.807) is 6.07 Å². The topological polar surface area (TPSA) is 66.0 Å². The second-order valence-corrected chi connectivity index (χ2v) is 3.84. The standard InChI is InChI=1S/C8H4BrClN2O2/c9-5-1-4-6(7(10)12-5)3(2-11-4)8(13)14/h1-2,11H,(H,13,14). The number of rotatable bonds is 1. The third-order valence-electron chi connectivity index (χ3n) is 1.82. The lowest BCUT2D eigenvalue weighted by atomic mass is 10.2. The van der Waals surface area contributed by atoms with Gasteiger partial charge in [0.2, 0.25) is 0 Å². The molecule has 0 bridgehead atoms. The number of aromatic amines is 1. The number of carboxylic acid groups (broad SMARTS) is 1. The van der Waals surface area contributed by atoms with E-state index in [2.05, 4.69) is 25.9 Å². The summed E-state index contributed by atoms with van der Waals surface area (Å²) < 4.78 is 0.564. The number of nitrogens with one attached hydrogen (secondary N) is 1. The summed E-state index contributed by atoms with van der Waals surface area (Å²) in [6.07, 6.45) is 1.40. The van der Waals surface area contributed by atoms with Crippen molar-refractivity contribution in [1.82, 2.24) is 9.97 Å². The van der Waals surface area contributed by atoms with E-state index < -0.39 is 5.97 Å². The van der Waals surface area contributed by atoms with E-state index in [0.717, 1.165) is 0 Å². The molecule has 0 spiro atoms. The van der Waals surface area contributed by atoms with Crippen LogP contribution in [0.3, 0.4) is 0 Å². The van der Waals surface area contributed by atoms with Gasteiger partial charge in [0.05, 0.1) is 16.5 Å². The molecule has 0 saturated carbocycles. The number of hydrogen-bond donors (Lipinski definition) is 2. The minimum Gasteiger partial charge on any atom is -0.478 e. The number of pyridine rings is 1. The number of aromatic carboxylic acids is 1. The fourth-order valence-corrected chi connectivity index (χ4v) is 2.05. The first-order valence-electron chi connectivity index (χ1n) is 3.66. The van der Waals surface area contributed by atoms with Crippen LogP contribution >= 0.6 is 27.5 Å². The molecule has 0 unspecified atom stereocenters. The monoisotopic (exact) mass is 274 g/mol. The summed E-state index contributed by atoms with van der Waals surface area (Å²) >= 11 is 8.99. The Morgan fingerprint density at radius 1 is 1.64 bits per heavy atom. The molecule has 72 valence electrons. The van der Waals surface area contributed by atoms with Gasteiger partial charge in [-0.15, -0.1) is 0 Å². The second kappa shape index (κ2) is 3.25. The third kappa shape index (κ3) is 1.38. The summed E-state index contributed by atoms with van der Waals surface area (Å²) in [7, 11) is 0. The number of hydrogen-bond acceptors (Lipinski definition) is 2. The van der Waals surface area contributed by atoms with Gasteiger partial charge in [0.1, 0.15) is 9.76 Å². The summed E-state index contributed by atoms with van der Waals surface area (Å²) in [6, 6.07) is 1.67. The van der Waals surface area contributed by atoms with Gasteiger partial charge in [-0.05, 0) is 22.0 Å². The van der Waals surface area contributed by atoms with Crippen LogP contribution in [-0.4, -0.2) is 21.0 Å². The van der Waals surface area contributed by atoms with E-state index in [-0.39, 0.29) is 10.7 Å². The molecule has 0 atom stereocenters. The molecule has 2 aromatic rings. The summed E-state index contributed by atoms with van der Waals surface area (Å²) in [4.78, 5) is 17.5. The smallest absolute Gasteiger partial charge is 0.337 e. The van der Waals surface area contributed by atoms with Gasteiger partial charge in [0.15, 0.2) is 0 Å². The molecule has 0 aliphatic rings. The summed E-state index contributed by atoms with van der Waals surface area (Å²) in [5, 5.41) is 9.45. The Labute approximate surface area is 92.0 Å². The Bertz CT molecular complexity index is 523. The molecular formula is C8H4BrClN2O2.